The number of aromatic nitrogens is 2. The maximum atomic E-state index is 13.0. The zero-order chi connectivity index (χ0) is 14.0. The molecule has 2 N–H and O–H groups in total. The SMILES string of the molecule is Nc1cc(Br)nc(Oc2ccc(F)cc2[N+](=O)[O-])n1. The Balaban J connectivity index is 2.40. The van der Waals surface area contributed by atoms with Crippen LogP contribution in [0.15, 0.2) is 28.9 Å². The van der Waals surface area contributed by atoms with Gasteiger partial charge in [0.15, 0.2) is 0 Å². The molecule has 9 heteroatoms. The average molecular weight is 329 g/mol. The monoisotopic (exact) mass is 328 g/mol. The van der Waals surface area contributed by atoms with E-state index in [-0.39, 0.29) is 17.6 Å². The van der Waals surface area contributed by atoms with Crippen LogP contribution in [0, 0.1) is 15.9 Å². The van der Waals surface area contributed by atoms with Gasteiger partial charge in [-0.15, -0.1) is 0 Å². The molecule has 2 aromatic rings. The van der Waals surface area contributed by atoms with E-state index in [9.17, 15) is 14.5 Å². The van der Waals surface area contributed by atoms with Crippen LogP contribution in [-0.2, 0) is 0 Å². The maximum absolute atomic E-state index is 13.0. The van der Waals surface area contributed by atoms with Gasteiger partial charge in [-0.2, -0.15) is 9.97 Å². The van der Waals surface area contributed by atoms with E-state index in [1.807, 2.05) is 0 Å². The highest BCUT2D eigenvalue weighted by atomic mass is 79.9. The lowest BCUT2D eigenvalue weighted by molar-refractivity contribution is -0.385. The van der Waals surface area contributed by atoms with Crippen LogP contribution < -0.4 is 10.5 Å². The quantitative estimate of drug-likeness (QED) is 0.527. The molecule has 0 atom stereocenters. The molecule has 0 amide bonds. The first-order valence-electron chi connectivity index (χ1n) is 4.87. The minimum Gasteiger partial charge on any atom is -0.417 e. The van der Waals surface area contributed by atoms with Gasteiger partial charge >= 0.3 is 11.7 Å². The van der Waals surface area contributed by atoms with Crippen LogP contribution in [-0.4, -0.2) is 14.9 Å². The fourth-order valence-electron chi connectivity index (χ4n) is 1.28. The molecule has 0 bridgehead atoms. The average Bonchev–Trinajstić information content (AvgIpc) is 2.30. The third-order valence-corrected chi connectivity index (χ3v) is 2.42. The Hall–Kier alpha value is -2.29. The van der Waals surface area contributed by atoms with E-state index in [0.717, 1.165) is 18.2 Å². The molecule has 0 radical (unpaired) electrons. The summed E-state index contributed by atoms with van der Waals surface area (Å²) in [5.41, 5.74) is 4.95. The fourth-order valence-corrected chi connectivity index (χ4v) is 1.66. The number of ether oxygens (including phenoxy) is 1. The molecule has 0 fully saturated rings. The standard InChI is InChI=1S/C10H6BrFN4O3/c11-8-4-9(13)15-10(14-8)19-7-2-1-5(12)3-6(7)16(17)18/h1-4H,(H2,13,14,15). The Bertz CT molecular complexity index is 632. The molecule has 7 nitrogen and oxygen atoms in total. The summed E-state index contributed by atoms with van der Waals surface area (Å²) in [6.07, 6.45) is 0. The van der Waals surface area contributed by atoms with Crippen molar-refractivity contribution in [2.24, 2.45) is 0 Å². The highest BCUT2D eigenvalue weighted by Gasteiger charge is 2.18. The van der Waals surface area contributed by atoms with E-state index in [2.05, 4.69) is 25.9 Å². The number of hydrogen-bond acceptors (Lipinski definition) is 6. The molecule has 98 valence electrons. The molecule has 2 rings (SSSR count). The van der Waals surface area contributed by atoms with E-state index in [4.69, 9.17) is 10.5 Å². The number of rotatable bonds is 3. The molecule has 0 spiro atoms. The van der Waals surface area contributed by atoms with Crippen LogP contribution in [0.1, 0.15) is 0 Å². The number of nitro groups is 1. The summed E-state index contributed by atoms with van der Waals surface area (Å²) < 4.78 is 18.5. The lowest BCUT2D eigenvalue weighted by atomic mass is 10.3. The normalized spacial score (nSPS) is 10.2. The third kappa shape index (κ3) is 3.13. The van der Waals surface area contributed by atoms with Gasteiger partial charge in [0.25, 0.3) is 0 Å². The van der Waals surface area contributed by atoms with Gasteiger partial charge < -0.3 is 10.5 Å². The topological polar surface area (TPSA) is 104 Å². The summed E-state index contributed by atoms with van der Waals surface area (Å²) in [5.74, 6) is -0.792. The molecule has 1 heterocycles. The van der Waals surface area contributed by atoms with Crippen LogP contribution in [0.25, 0.3) is 0 Å². The first-order chi connectivity index (χ1) is 8.95. The van der Waals surface area contributed by atoms with E-state index in [1.165, 1.54) is 6.07 Å². The Morgan fingerprint density at radius 1 is 1.37 bits per heavy atom. The molecule has 0 unspecified atom stereocenters. The van der Waals surface area contributed by atoms with Crippen LogP contribution in [0.5, 0.6) is 11.8 Å². The second kappa shape index (κ2) is 5.14. The number of nitrogens with two attached hydrogens (primary N) is 1. The Morgan fingerprint density at radius 2 is 2.11 bits per heavy atom. The summed E-state index contributed by atoms with van der Waals surface area (Å²) >= 11 is 3.08. The van der Waals surface area contributed by atoms with Gasteiger partial charge in [0.05, 0.1) is 11.0 Å². The number of nitrogen functional groups attached to an aromatic ring is 1. The van der Waals surface area contributed by atoms with Crippen LogP contribution >= 0.6 is 15.9 Å². The van der Waals surface area contributed by atoms with Gasteiger partial charge in [-0.05, 0) is 28.1 Å². The third-order valence-electron chi connectivity index (χ3n) is 2.01. The van der Waals surface area contributed by atoms with Gasteiger partial charge in [-0.3, -0.25) is 10.1 Å². The van der Waals surface area contributed by atoms with E-state index >= 15 is 0 Å². The van der Waals surface area contributed by atoms with E-state index in [1.54, 1.807) is 0 Å². The molecule has 0 saturated heterocycles. The van der Waals surface area contributed by atoms with Gasteiger partial charge in [0, 0.05) is 6.07 Å². The van der Waals surface area contributed by atoms with Crippen molar-refractivity contribution in [2.45, 2.75) is 0 Å². The van der Waals surface area contributed by atoms with Crippen molar-refractivity contribution in [1.82, 2.24) is 9.97 Å². The molecule has 0 saturated carbocycles. The van der Waals surface area contributed by atoms with Gasteiger partial charge in [0.1, 0.15) is 16.2 Å². The summed E-state index contributed by atoms with van der Waals surface area (Å²) in [5, 5.41) is 10.8. The lowest BCUT2D eigenvalue weighted by Crippen LogP contribution is -1.99. The van der Waals surface area contributed by atoms with Crippen molar-refractivity contribution in [2.75, 3.05) is 5.73 Å². The van der Waals surface area contributed by atoms with E-state index in [0.29, 0.717) is 4.60 Å². The number of nitro benzene ring substituents is 1. The van der Waals surface area contributed by atoms with Crippen molar-refractivity contribution in [3.8, 4) is 11.8 Å². The van der Waals surface area contributed by atoms with Crippen molar-refractivity contribution < 1.29 is 14.1 Å². The zero-order valence-electron chi connectivity index (χ0n) is 9.21. The van der Waals surface area contributed by atoms with E-state index < -0.39 is 16.4 Å². The van der Waals surface area contributed by atoms with Gasteiger partial charge in [-0.25, -0.2) is 4.39 Å². The molecular formula is C10H6BrFN4O3. The molecule has 0 aliphatic heterocycles. The molecular weight excluding hydrogens is 323 g/mol. The highest BCUT2D eigenvalue weighted by molar-refractivity contribution is 9.10. The van der Waals surface area contributed by atoms with Crippen LogP contribution in [0.4, 0.5) is 15.9 Å². The summed E-state index contributed by atoms with van der Waals surface area (Å²) in [6, 6.07) is 4.15. The zero-order valence-corrected chi connectivity index (χ0v) is 10.8. The number of halogens is 2. The Kier molecular flexibility index (Phi) is 3.56. The molecule has 0 aliphatic rings. The number of nitrogens with zero attached hydrogens (tertiary/aromatic N) is 3. The van der Waals surface area contributed by atoms with Gasteiger partial charge in [-0.1, -0.05) is 0 Å². The van der Waals surface area contributed by atoms with Crippen LogP contribution in [0.2, 0.25) is 0 Å². The summed E-state index contributed by atoms with van der Waals surface area (Å²) in [7, 11) is 0. The minimum absolute atomic E-state index is 0.127. The van der Waals surface area contributed by atoms with Crippen molar-refractivity contribution >= 4 is 27.4 Å². The van der Waals surface area contributed by atoms with Crippen molar-refractivity contribution in [3.63, 3.8) is 0 Å². The maximum Gasteiger partial charge on any atom is 0.325 e. The smallest absolute Gasteiger partial charge is 0.325 e. The fraction of sp³-hybridized carbons (Fsp3) is 0. The van der Waals surface area contributed by atoms with Crippen molar-refractivity contribution in [1.29, 1.82) is 0 Å². The Labute approximate surface area is 114 Å². The molecule has 1 aromatic heterocycles. The second-order valence-corrected chi connectivity index (χ2v) is 4.18. The highest BCUT2D eigenvalue weighted by Crippen LogP contribution is 2.31. The summed E-state index contributed by atoms with van der Waals surface area (Å²) in [6.45, 7) is 0. The minimum atomic E-state index is -0.764. The number of hydrogen-bond donors (Lipinski definition) is 1. The first-order valence-corrected chi connectivity index (χ1v) is 5.67. The molecule has 0 aliphatic carbocycles. The largest absolute Gasteiger partial charge is 0.417 e. The summed E-state index contributed by atoms with van der Waals surface area (Å²) in [4.78, 5) is 17.6. The molecule has 1 aromatic carbocycles. The van der Waals surface area contributed by atoms with Crippen LogP contribution in [0.3, 0.4) is 0 Å². The van der Waals surface area contributed by atoms with Gasteiger partial charge in [0.2, 0.25) is 5.75 Å². The molecule has 19 heavy (non-hydrogen) atoms. The number of anilines is 1. The van der Waals surface area contributed by atoms with Crippen molar-refractivity contribution in [3.05, 3.63) is 44.8 Å². The predicted molar refractivity (Wildman–Crippen MR) is 67.3 cm³/mol. The Morgan fingerprint density at radius 3 is 2.74 bits per heavy atom. The predicted octanol–water partition coefficient (Wildman–Crippen LogP) is 2.66. The number of benzene rings is 1. The first kappa shape index (κ1) is 13.1. The second-order valence-electron chi connectivity index (χ2n) is 3.37. The lowest BCUT2D eigenvalue weighted by Gasteiger charge is -2.05.